The van der Waals surface area contributed by atoms with Gasteiger partial charge in [0.1, 0.15) is 5.75 Å². The van der Waals surface area contributed by atoms with E-state index in [0.29, 0.717) is 11.3 Å². The number of rotatable bonds is 2. The molecule has 3 heteroatoms. The molecule has 1 aromatic heterocycles. The van der Waals surface area contributed by atoms with Crippen LogP contribution in [0, 0.1) is 0 Å². The van der Waals surface area contributed by atoms with Gasteiger partial charge in [0.2, 0.25) is 5.78 Å². The van der Waals surface area contributed by atoms with Crippen molar-refractivity contribution in [2.24, 2.45) is 0 Å². The summed E-state index contributed by atoms with van der Waals surface area (Å²) in [6, 6.07) is 20.4. The van der Waals surface area contributed by atoms with Crippen LogP contribution >= 0.6 is 0 Å². The maximum atomic E-state index is 12.6. The van der Waals surface area contributed by atoms with E-state index in [0.717, 1.165) is 21.7 Å². The Labute approximate surface area is 126 Å². The number of ketones is 1. The van der Waals surface area contributed by atoms with E-state index in [9.17, 15) is 9.90 Å². The van der Waals surface area contributed by atoms with Crippen LogP contribution in [-0.2, 0) is 0 Å². The summed E-state index contributed by atoms with van der Waals surface area (Å²) in [7, 11) is 0. The number of fused-ring (bicyclic) bond motifs is 3. The summed E-state index contributed by atoms with van der Waals surface area (Å²) < 4.78 is 0. The fraction of sp³-hybridized carbons (Fsp3) is 0. The minimum atomic E-state index is -0.129. The molecule has 0 fully saturated rings. The van der Waals surface area contributed by atoms with Crippen LogP contribution in [0.1, 0.15) is 16.1 Å². The predicted octanol–water partition coefficient (Wildman–Crippen LogP) is 4.26. The van der Waals surface area contributed by atoms with E-state index in [2.05, 4.69) is 11.1 Å². The first-order chi connectivity index (χ1) is 10.7. The summed E-state index contributed by atoms with van der Waals surface area (Å²) in [6.45, 7) is 0. The van der Waals surface area contributed by atoms with Crippen molar-refractivity contribution in [2.75, 3.05) is 0 Å². The maximum Gasteiger partial charge on any atom is 0.209 e. The standard InChI is InChI=1S/C19H13NO2/c21-14-6-3-5-13(10-14)19(22)18-11-16-15-7-2-1-4-12(15)8-9-17(16)20-18/h1-11,20-21H. The zero-order chi connectivity index (χ0) is 15.1. The van der Waals surface area contributed by atoms with Crippen LogP contribution in [0.25, 0.3) is 21.7 Å². The number of carbonyl (C=O) groups excluding carboxylic acids is 1. The molecule has 0 radical (unpaired) electrons. The Morgan fingerprint density at radius 2 is 1.73 bits per heavy atom. The average molecular weight is 287 g/mol. The number of aromatic nitrogens is 1. The quantitative estimate of drug-likeness (QED) is 0.541. The van der Waals surface area contributed by atoms with Crippen molar-refractivity contribution in [1.29, 1.82) is 0 Å². The van der Waals surface area contributed by atoms with Crippen LogP contribution in [0.4, 0.5) is 0 Å². The second kappa shape index (κ2) is 4.74. The minimum absolute atomic E-state index is 0.0902. The third-order valence-corrected chi connectivity index (χ3v) is 3.88. The summed E-state index contributed by atoms with van der Waals surface area (Å²) in [5.41, 5.74) is 1.93. The molecule has 3 aromatic carbocycles. The molecule has 2 N–H and O–H groups in total. The Bertz CT molecular complexity index is 1010. The van der Waals surface area contributed by atoms with Gasteiger partial charge in [-0.25, -0.2) is 0 Å². The van der Waals surface area contributed by atoms with Crippen molar-refractivity contribution in [3.8, 4) is 5.75 Å². The normalized spacial score (nSPS) is 11.1. The Balaban J connectivity index is 1.89. The highest BCUT2D eigenvalue weighted by Crippen LogP contribution is 2.27. The highest BCUT2D eigenvalue weighted by atomic mass is 16.3. The van der Waals surface area contributed by atoms with Crippen LogP contribution in [0.5, 0.6) is 5.75 Å². The van der Waals surface area contributed by atoms with E-state index in [4.69, 9.17) is 0 Å². The molecule has 106 valence electrons. The summed E-state index contributed by atoms with van der Waals surface area (Å²) in [5, 5.41) is 12.8. The summed E-state index contributed by atoms with van der Waals surface area (Å²) in [6.07, 6.45) is 0. The fourth-order valence-corrected chi connectivity index (χ4v) is 2.81. The van der Waals surface area contributed by atoms with Crippen LogP contribution in [0.15, 0.2) is 66.7 Å². The molecule has 0 aliphatic rings. The van der Waals surface area contributed by atoms with Gasteiger partial charge in [-0.2, -0.15) is 0 Å². The van der Waals surface area contributed by atoms with Gasteiger partial charge in [0, 0.05) is 16.5 Å². The Morgan fingerprint density at radius 1 is 0.864 bits per heavy atom. The number of H-pyrrole nitrogens is 1. The van der Waals surface area contributed by atoms with Gasteiger partial charge in [-0.3, -0.25) is 4.79 Å². The smallest absolute Gasteiger partial charge is 0.209 e. The van der Waals surface area contributed by atoms with Crippen molar-refractivity contribution in [1.82, 2.24) is 4.98 Å². The number of benzene rings is 3. The zero-order valence-electron chi connectivity index (χ0n) is 11.7. The molecular formula is C19H13NO2. The number of hydrogen-bond acceptors (Lipinski definition) is 2. The molecule has 0 aliphatic heterocycles. The van der Waals surface area contributed by atoms with Crippen molar-refractivity contribution in [3.63, 3.8) is 0 Å². The molecule has 0 bridgehead atoms. The fourth-order valence-electron chi connectivity index (χ4n) is 2.81. The first-order valence-electron chi connectivity index (χ1n) is 7.06. The molecule has 0 saturated heterocycles. The Morgan fingerprint density at radius 3 is 2.59 bits per heavy atom. The highest BCUT2D eigenvalue weighted by molar-refractivity contribution is 6.14. The van der Waals surface area contributed by atoms with Crippen LogP contribution in [0.2, 0.25) is 0 Å². The average Bonchev–Trinajstić information content (AvgIpc) is 2.99. The number of aromatic amines is 1. The SMILES string of the molecule is O=C(c1cccc(O)c1)c1cc2c(ccc3ccccc32)[nH]1. The van der Waals surface area contributed by atoms with Crippen molar-refractivity contribution >= 4 is 27.5 Å². The van der Waals surface area contributed by atoms with Gasteiger partial charge in [0.05, 0.1) is 5.69 Å². The molecule has 0 spiro atoms. The van der Waals surface area contributed by atoms with Gasteiger partial charge in [-0.15, -0.1) is 0 Å². The van der Waals surface area contributed by atoms with Gasteiger partial charge in [-0.1, -0.05) is 42.5 Å². The van der Waals surface area contributed by atoms with Gasteiger partial charge in [-0.05, 0) is 35.0 Å². The largest absolute Gasteiger partial charge is 0.508 e. The third kappa shape index (κ3) is 1.95. The van der Waals surface area contributed by atoms with E-state index in [-0.39, 0.29) is 11.5 Å². The highest BCUT2D eigenvalue weighted by Gasteiger charge is 2.13. The van der Waals surface area contributed by atoms with Crippen LogP contribution in [-0.4, -0.2) is 15.9 Å². The number of aromatic hydroxyl groups is 1. The summed E-state index contributed by atoms with van der Waals surface area (Å²) >= 11 is 0. The Hall–Kier alpha value is -3.07. The number of hydrogen-bond donors (Lipinski definition) is 2. The van der Waals surface area contributed by atoms with E-state index in [1.165, 1.54) is 6.07 Å². The van der Waals surface area contributed by atoms with Crippen LogP contribution in [0.3, 0.4) is 0 Å². The van der Waals surface area contributed by atoms with E-state index < -0.39 is 0 Å². The predicted molar refractivity (Wildman–Crippen MR) is 87.3 cm³/mol. The zero-order valence-corrected chi connectivity index (χ0v) is 11.7. The lowest BCUT2D eigenvalue weighted by molar-refractivity contribution is 0.103. The van der Waals surface area contributed by atoms with Crippen molar-refractivity contribution in [2.45, 2.75) is 0 Å². The molecule has 0 saturated carbocycles. The van der Waals surface area contributed by atoms with Gasteiger partial charge in [0.15, 0.2) is 0 Å². The molecular weight excluding hydrogens is 274 g/mol. The third-order valence-electron chi connectivity index (χ3n) is 3.88. The second-order valence-corrected chi connectivity index (χ2v) is 5.31. The van der Waals surface area contributed by atoms with Crippen molar-refractivity contribution in [3.05, 3.63) is 78.0 Å². The number of nitrogens with one attached hydrogen (secondary N) is 1. The second-order valence-electron chi connectivity index (χ2n) is 5.31. The molecule has 4 aromatic rings. The molecule has 4 rings (SSSR count). The number of phenols is 1. The molecule has 0 aliphatic carbocycles. The summed E-state index contributed by atoms with van der Waals surface area (Å²) in [4.78, 5) is 15.7. The van der Waals surface area contributed by atoms with E-state index in [1.54, 1.807) is 18.2 Å². The summed E-state index contributed by atoms with van der Waals surface area (Å²) in [5.74, 6) is -0.0383. The number of phenolic OH excluding ortho intramolecular Hbond substituents is 1. The first-order valence-corrected chi connectivity index (χ1v) is 7.06. The minimum Gasteiger partial charge on any atom is -0.508 e. The molecule has 0 atom stereocenters. The lowest BCUT2D eigenvalue weighted by atomic mass is 10.1. The van der Waals surface area contributed by atoms with Crippen molar-refractivity contribution < 1.29 is 9.90 Å². The lowest BCUT2D eigenvalue weighted by Crippen LogP contribution is -2.00. The molecule has 0 unspecified atom stereocenters. The topological polar surface area (TPSA) is 53.1 Å². The first kappa shape index (κ1) is 12.7. The van der Waals surface area contributed by atoms with Gasteiger partial charge < -0.3 is 10.1 Å². The van der Waals surface area contributed by atoms with Gasteiger partial charge in [0.25, 0.3) is 0 Å². The maximum absolute atomic E-state index is 12.6. The number of carbonyl (C=O) groups is 1. The van der Waals surface area contributed by atoms with Gasteiger partial charge >= 0.3 is 0 Å². The lowest BCUT2D eigenvalue weighted by Gasteiger charge is -1.98. The molecule has 22 heavy (non-hydrogen) atoms. The molecule has 3 nitrogen and oxygen atoms in total. The van der Waals surface area contributed by atoms with E-state index in [1.807, 2.05) is 36.4 Å². The monoisotopic (exact) mass is 287 g/mol. The van der Waals surface area contributed by atoms with Crippen LogP contribution < -0.4 is 0 Å². The van der Waals surface area contributed by atoms with E-state index >= 15 is 0 Å². The Kier molecular flexibility index (Phi) is 2.73. The molecule has 1 heterocycles. The molecule has 0 amide bonds.